The van der Waals surface area contributed by atoms with E-state index >= 15 is 0 Å². The molecule has 2 rings (SSSR count). The highest BCUT2D eigenvalue weighted by Crippen LogP contribution is 2.21. The van der Waals surface area contributed by atoms with E-state index in [1.165, 1.54) is 18.2 Å². The monoisotopic (exact) mass is 349 g/mol. The Labute approximate surface area is 145 Å². The van der Waals surface area contributed by atoms with Gasteiger partial charge in [-0.2, -0.15) is 8.78 Å². The zero-order chi connectivity index (χ0) is 18.2. The van der Waals surface area contributed by atoms with E-state index in [4.69, 9.17) is 0 Å². The van der Waals surface area contributed by atoms with E-state index in [0.29, 0.717) is 12.0 Å². The molecule has 25 heavy (non-hydrogen) atoms. The predicted molar refractivity (Wildman–Crippen MR) is 90.5 cm³/mol. The van der Waals surface area contributed by atoms with Gasteiger partial charge >= 0.3 is 6.61 Å². The lowest BCUT2D eigenvalue weighted by Gasteiger charge is -2.15. The summed E-state index contributed by atoms with van der Waals surface area (Å²) in [6, 6.07) is 15.5. The van der Waals surface area contributed by atoms with Crippen molar-refractivity contribution in [2.45, 2.75) is 32.0 Å². The van der Waals surface area contributed by atoms with Crippen LogP contribution in [0.5, 0.6) is 5.75 Å². The van der Waals surface area contributed by atoms with Crippen LogP contribution < -0.4 is 10.1 Å². The van der Waals surface area contributed by atoms with E-state index in [1.54, 1.807) is 6.07 Å². The molecular weight excluding hydrogens is 328 g/mol. The average molecular weight is 349 g/mol. The largest absolute Gasteiger partial charge is 0.435 e. The molecule has 0 bridgehead atoms. The quantitative estimate of drug-likeness (QED) is 0.765. The number of alkyl halides is 2. The van der Waals surface area contributed by atoms with E-state index in [-0.39, 0.29) is 24.1 Å². The number of carbonyl (C=O) groups is 1. The molecule has 0 fully saturated rings. The number of halogens is 2. The average Bonchev–Trinajstić information content (AvgIpc) is 2.60. The van der Waals surface area contributed by atoms with Crippen molar-refractivity contribution in [3.8, 4) is 5.75 Å². The first-order valence-electron chi connectivity index (χ1n) is 8.00. The molecule has 0 aliphatic rings. The van der Waals surface area contributed by atoms with Gasteiger partial charge in [0.1, 0.15) is 5.75 Å². The summed E-state index contributed by atoms with van der Waals surface area (Å²) in [5.74, 6) is -0.160. The first kappa shape index (κ1) is 18.9. The van der Waals surface area contributed by atoms with Gasteiger partial charge in [-0.3, -0.25) is 4.79 Å². The maximum absolute atomic E-state index is 12.2. The molecule has 4 nitrogen and oxygen atoms in total. The van der Waals surface area contributed by atoms with Crippen LogP contribution in [0.4, 0.5) is 8.78 Å². The molecule has 0 saturated carbocycles. The molecule has 0 saturated heterocycles. The summed E-state index contributed by atoms with van der Waals surface area (Å²) in [4.78, 5) is 12.0. The van der Waals surface area contributed by atoms with Gasteiger partial charge in [-0.15, -0.1) is 0 Å². The van der Waals surface area contributed by atoms with Crippen molar-refractivity contribution in [1.29, 1.82) is 0 Å². The van der Waals surface area contributed by atoms with Crippen LogP contribution in [-0.4, -0.2) is 24.2 Å². The Balaban J connectivity index is 1.85. The highest BCUT2D eigenvalue weighted by Gasteiger charge is 2.14. The highest BCUT2D eigenvalue weighted by molar-refractivity contribution is 5.76. The second kappa shape index (κ2) is 9.13. The number of amides is 1. The van der Waals surface area contributed by atoms with Gasteiger partial charge in [0, 0.05) is 13.0 Å². The minimum absolute atomic E-state index is 0.00151. The van der Waals surface area contributed by atoms with E-state index in [9.17, 15) is 18.7 Å². The highest BCUT2D eigenvalue weighted by atomic mass is 19.3. The Hall–Kier alpha value is -2.47. The molecular formula is C19H21F2NO3. The van der Waals surface area contributed by atoms with Crippen LogP contribution in [0.3, 0.4) is 0 Å². The smallest absolute Gasteiger partial charge is 0.387 e. The van der Waals surface area contributed by atoms with Gasteiger partial charge in [0.05, 0.1) is 6.10 Å². The zero-order valence-electron chi connectivity index (χ0n) is 13.9. The SMILES string of the molecule is CC(CC(=O)NCC(O)c1cccc(OC(F)F)c1)c1ccccc1. The topological polar surface area (TPSA) is 58.6 Å². The molecule has 1 amide bonds. The lowest BCUT2D eigenvalue weighted by atomic mass is 9.97. The maximum Gasteiger partial charge on any atom is 0.387 e. The summed E-state index contributed by atoms with van der Waals surface area (Å²) >= 11 is 0. The van der Waals surface area contributed by atoms with Crippen LogP contribution in [0.1, 0.15) is 36.5 Å². The molecule has 2 unspecified atom stereocenters. The molecule has 2 N–H and O–H groups in total. The number of hydrogen-bond acceptors (Lipinski definition) is 3. The van der Waals surface area contributed by atoms with Crippen molar-refractivity contribution in [1.82, 2.24) is 5.32 Å². The van der Waals surface area contributed by atoms with E-state index in [2.05, 4.69) is 10.1 Å². The normalized spacial score (nSPS) is 13.3. The third kappa shape index (κ3) is 6.15. The molecule has 0 aromatic heterocycles. The van der Waals surface area contributed by atoms with Crippen LogP contribution in [0.2, 0.25) is 0 Å². The minimum Gasteiger partial charge on any atom is -0.435 e. The van der Waals surface area contributed by atoms with Crippen molar-refractivity contribution >= 4 is 5.91 Å². The molecule has 0 heterocycles. The lowest BCUT2D eigenvalue weighted by molar-refractivity contribution is -0.121. The molecule has 0 aliphatic carbocycles. The van der Waals surface area contributed by atoms with Gasteiger partial charge in [-0.25, -0.2) is 0 Å². The van der Waals surface area contributed by atoms with Gasteiger partial charge in [-0.1, -0.05) is 49.4 Å². The molecule has 2 aromatic rings. The number of ether oxygens (including phenoxy) is 1. The summed E-state index contributed by atoms with van der Waals surface area (Å²) in [5.41, 5.74) is 1.46. The Morgan fingerprint density at radius 2 is 1.80 bits per heavy atom. The van der Waals surface area contributed by atoms with Crippen LogP contribution in [0.25, 0.3) is 0 Å². The standard InChI is InChI=1S/C19H21F2NO3/c1-13(14-6-3-2-4-7-14)10-18(24)22-12-17(23)15-8-5-9-16(11-15)25-19(20)21/h2-9,11,13,17,19,23H,10,12H2,1H3,(H,22,24). The third-order valence-electron chi connectivity index (χ3n) is 3.82. The summed E-state index contributed by atoms with van der Waals surface area (Å²) in [5, 5.41) is 12.8. The number of benzene rings is 2. The van der Waals surface area contributed by atoms with Gasteiger partial charge in [-0.05, 0) is 29.2 Å². The minimum atomic E-state index is -2.92. The summed E-state index contributed by atoms with van der Waals surface area (Å²) in [6.45, 7) is -0.971. The number of aliphatic hydroxyl groups is 1. The van der Waals surface area contributed by atoms with E-state index in [0.717, 1.165) is 5.56 Å². The molecule has 0 spiro atoms. The van der Waals surface area contributed by atoms with E-state index < -0.39 is 12.7 Å². The maximum atomic E-state index is 12.2. The fraction of sp³-hybridized carbons (Fsp3) is 0.316. The number of nitrogens with one attached hydrogen (secondary N) is 1. The Morgan fingerprint density at radius 1 is 1.12 bits per heavy atom. The number of carbonyl (C=O) groups excluding carboxylic acids is 1. The summed E-state index contributed by atoms with van der Waals surface area (Å²) < 4.78 is 28.8. The first-order valence-corrected chi connectivity index (χ1v) is 8.00. The predicted octanol–water partition coefficient (Wildman–Crippen LogP) is 3.63. The molecule has 2 atom stereocenters. The van der Waals surface area contributed by atoms with Gasteiger partial charge in [0.2, 0.25) is 5.91 Å². The number of rotatable bonds is 8. The van der Waals surface area contributed by atoms with Crippen LogP contribution in [0.15, 0.2) is 54.6 Å². The third-order valence-corrected chi connectivity index (χ3v) is 3.82. The van der Waals surface area contributed by atoms with Crippen molar-refractivity contribution in [2.24, 2.45) is 0 Å². The molecule has 134 valence electrons. The van der Waals surface area contributed by atoms with Crippen molar-refractivity contribution in [3.63, 3.8) is 0 Å². The molecule has 6 heteroatoms. The first-order chi connectivity index (χ1) is 12.0. The summed E-state index contributed by atoms with van der Waals surface area (Å²) in [6.07, 6.45) is -0.706. The molecule has 0 radical (unpaired) electrons. The van der Waals surface area contributed by atoms with E-state index in [1.807, 2.05) is 37.3 Å². The Morgan fingerprint density at radius 3 is 2.48 bits per heavy atom. The zero-order valence-corrected chi connectivity index (χ0v) is 13.9. The van der Waals surface area contributed by atoms with Crippen LogP contribution in [0, 0.1) is 0 Å². The second-order valence-electron chi connectivity index (χ2n) is 5.79. The van der Waals surface area contributed by atoms with Crippen molar-refractivity contribution in [2.75, 3.05) is 6.54 Å². The van der Waals surface area contributed by atoms with Crippen LogP contribution >= 0.6 is 0 Å². The Kier molecular flexibility index (Phi) is 6.89. The number of aliphatic hydroxyl groups excluding tert-OH is 1. The fourth-order valence-corrected chi connectivity index (χ4v) is 2.48. The molecule has 0 aliphatic heterocycles. The van der Waals surface area contributed by atoms with Crippen molar-refractivity contribution in [3.05, 3.63) is 65.7 Å². The summed E-state index contributed by atoms with van der Waals surface area (Å²) in [7, 11) is 0. The van der Waals surface area contributed by atoms with Crippen LogP contribution in [-0.2, 0) is 4.79 Å². The lowest BCUT2D eigenvalue weighted by Crippen LogP contribution is -2.29. The fourth-order valence-electron chi connectivity index (χ4n) is 2.48. The second-order valence-corrected chi connectivity index (χ2v) is 5.79. The van der Waals surface area contributed by atoms with Gasteiger partial charge in [0.25, 0.3) is 0 Å². The van der Waals surface area contributed by atoms with Gasteiger partial charge < -0.3 is 15.2 Å². The van der Waals surface area contributed by atoms with Gasteiger partial charge in [0.15, 0.2) is 0 Å². The van der Waals surface area contributed by atoms with Crippen molar-refractivity contribution < 1.29 is 23.4 Å². The molecule has 2 aromatic carbocycles. The Bertz CT molecular complexity index is 679. The number of hydrogen-bond donors (Lipinski definition) is 2.